The van der Waals surface area contributed by atoms with E-state index in [1.165, 1.54) is 6.33 Å². The molecule has 100 valence electrons. The van der Waals surface area contributed by atoms with Crippen LogP contribution in [-0.2, 0) is 6.42 Å². The minimum absolute atomic E-state index is 0.742. The van der Waals surface area contributed by atoms with Crippen molar-refractivity contribution in [2.75, 3.05) is 11.9 Å². The fourth-order valence-corrected chi connectivity index (χ4v) is 2.38. The lowest BCUT2D eigenvalue weighted by Crippen LogP contribution is -2.07. The number of nitrogens with zero attached hydrogens (tertiary/aromatic N) is 3. The van der Waals surface area contributed by atoms with E-state index in [4.69, 9.17) is 11.6 Å². The van der Waals surface area contributed by atoms with Gasteiger partial charge in [0.05, 0.1) is 5.52 Å². The summed E-state index contributed by atoms with van der Waals surface area (Å²) in [7, 11) is 0. The van der Waals surface area contributed by atoms with Gasteiger partial charge >= 0.3 is 0 Å². The Labute approximate surface area is 121 Å². The SMILES string of the molecule is Clc1ccc2cccnc2c1CCNc1ccncn1. The lowest BCUT2D eigenvalue weighted by Gasteiger charge is -2.09. The van der Waals surface area contributed by atoms with Crippen molar-refractivity contribution >= 4 is 28.3 Å². The molecule has 2 heterocycles. The minimum Gasteiger partial charge on any atom is -0.370 e. The molecular formula is C15H13ClN4. The topological polar surface area (TPSA) is 50.7 Å². The largest absolute Gasteiger partial charge is 0.370 e. The molecule has 0 amide bonds. The Balaban J connectivity index is 1.79. The van der Waals surface area contributed by atoms with Crippen LogP contribution in [0.25, 0.3) is 10.9 Å². The van der Waals surface area contributed by atoms with Crippen LogP contribution in [0.15, 0.2) is 49.1 Å². The van der Waals surface area contributed by atoms with Gasteiger partial charge < -0.3 is 5.32 Å². The average Bonchev–Trinajstić information content (AvgIpc) is 2.50. The molecule has 0 spiro atoms. The number of benzene rings is 1. The first-order chi connectivity index (χ1) is 9.84. The number of halogens is 1. The van der Waals surface area contributed by atoms with Gasteiger partial charge in [0.15, 0.2) is 0 Å². The first-order valence-electron chi connectivity index (χ1n) is 6.36. The first-order valence-corrected chi connectivity index (χ1v) is 6.74. The van der Waals surface area contributed by atoms with Crippen molar-refractivity contribution in [3.8, 4) is 0 Å². The standard InChI is InChI=1S/C15H13ClN4/c16-13-4-3-11-2-1-7-19-15(11)12(13)5-9-18-14-6-8-17-10-20-14/h1-4,6-8,10H,5,9H2,(H,17,18,20). The summed E-state index contributed by atoms with van der Waals surface area (Å²) in [6.07, 6.45) is 5.81. The van der Waals surface area contributed by atoms with Crippen LogP contribution >= 0.6 is 11.6 Å². The minimum atomic E-state index is 0.742. The van der Waals surface area contributed by atoms with Gasteiger partial charge in [-0.2, -0.15) is 0 Å². The van der Waals surface area contributed by atoms with Crippen LogP contribution in [-0.4, -0.2) is 21.5 Å². The summed E-state index contributed by atoms with van der Waals surface area (Å²) in [5.41, 5.74) is 2.02. The number of anilines is 1. The van der Waals surface area contributed by atoms with E-state index in [0.29, 0.717) is 0 Å². The third-order valence-electron chi connectivity index (χ3n) is 3.09. The Bertz CT molecular complexity index is 715. The van der Waals surface area contributed by atoms with Gasteiger partial charge in [0.1, 0.15) is 12.1 Å². The van der Waals surface area contributed by atoms with Crippen molar-refractivity contribution in [2.45, 2.75) is 6.42 Å². The van der Waals surface area contributed by atoms with Gasteiger partial charge in [-0.05, 0) is 30.2 Å². The van der Waals surface area contributed by atoms with Gasteiger partial charge in [-0.1, -0.05) is 23.7 Å². The van der Waals surface area contributed by atoms with Crippen molar-refractivity contribution < 1.29 is 0 Å². The summed E-state index contributed by atoms with van der Waals surface area (Å²) in [6, 6.07) is 9.72. The van der Waals surface area contributed by atoms with E-state index < -0.39 is 0 Å². The fraction of sp³-hybridized carbons (Fsp3) is 0.133. The molecule has 4 nitrogen and oxygen atoms in total. The quantitative estimate of drug-likeness (QED) is 0.798. The smallest absolute Gasteiger partial charge is 0.129 e. The molecule has 0 fully saturated rings. The normalized spacial score (nSPS) is 10.7. The molecule has 3 aromatic rings. The van der Waals surface area contributed by atoms with Crippen LogP contribution in [0.2, 0.25) is 5.02 Å². The fourth-order valence-electron chi connectivity index (χ4n) is 2.13. The summed E-state index contributed by atoms with van der Waals surface area (Å²) in [6.45, 7) is 0.742. The molecule has 0 saturated carbocycles. The Morgan fingerprint density at radius 3 is 2.85 bits per heavy atom. The highest BCUT2D eigenvalue weighted by Crippen LogP contribution is 2.24. The zero-order valence-corrected chi connectivity index (χ0v) is 11.5. The highest BCUT2D eigenvalue weighted by Gasteiger charge is 2.07. The maximum absolute atomic E-state index is 6.29. The van der Waals surface area contributed by atoms with Gasteiger partial charge in [0.2, 0.25) is 0 Å². The van der Waals surface area contributed by atoms with Crippen LogP contribution in [0.1, 0.15) is 5.56 Å². The molecule has 20 heavy (non-hydrogen) atoms. The van der Waals surface area contributed by atoms with Gasteiger partial charge in [-0.3, -0.25) is 4.98 Å². The monoisotopic (exact) mass is 284 g/mol. The number of pyridine rings is 1. The number of rotatable bonds is 4. The second kappa shape index (κ2) is 5.84. The maximum Gasteiger partial charge on any atom is 0.129 e. The molecule has 0 saturated heterocycles. The second-order valence-corrected chi connectivity index (χ2v) is 4.78. The van der Waals surface area contributed by atoms with E-state index >= 15 is 0 Å². The predicted octanol–water partition coefficient (Wildman–Crippen LogP) is 3.33. The van der Waals surface area contributed by atoms with Crippen LogP contribution in [0.4, 0.5) is 5.82 Å². The zero-order valence-electron chi connectivity index (χ0n) is 10.8. The molecule has 1 aromatic carbocycles. The predicted molar refractivity (Wildman–Crippen MR) is 81.0 cm³/mol. The van der Waals surface area contributed by atoms with Crippen molar-refractivity contribution in [3.63, 3.8) is 0 Å². The van der Waals surface area contributed by atoms with E-state index in [0.717, 1.165) is 40.3 Å². The summed E-state index contributed by atoms with van der Waals surface area (Å²) < 4.78 is 0. The third-order valence-corrected chi connectivity index (χ3v) is 3.44. The number of nitrogens with one attached hydrogen (secondary N) is 1. The summed E-state index contributed by atoms with van der Waals surface area (Å²) in [5, 5.41) is 5.10. The second-order valence-electron chi connectivity index (χ2n) is 4.37. The molecule has 0 bridgehead atoms. The van der Waals surface area contributed by atoms with Gasteiger partial charge in [-0.25, -0.2) is 9.97 Å². The highest BCUT2D eigenvalue weighted by molar-refractivity contribution is 6.32. The van der Waals surface area contributed by atoms with Crippen molar-refractivity contribution in [1.29, 1.82) is 0 Å². The van der Waals surface area contributed by atoms with Gasteiger partial charge in [0, 0.05) is 29.3 Å². The number of hydrogen-bond acceptors (Lipinski definition) is 4. The van der Waals surface area contributed by atoms with Gasteiger partial charge in [0.25, 0.3) is 0 Å². The Hall–Kier alpha value is -2.20. The van der Waals surface area contributed by atoms with Crippen LogP contribution < -0.4 is 5.32 Å². The Morgan fingerprint density at radius 2 is 2.00 bits per heavy atom. The average molecular weight is 285 g/mol. The van der Waals surface area contributed by atoms with E-state index in [-0.39, 0.29) is 0 Å². The molecule has 5 heteroatoms. The Morgan fingerprint density at radius 1 is 1.05 bits per heavy atom. The van der Waals surface area contributed by atoms with E-state index in [1.54, 1.807) is 12.4 Å². The highest BCUT2D eigenvalue weighted by atomic mass is 35.5. The van der Waals surface area contributed by atoms with E-state index in [9.17, 15) is 0 Å². The molecule has 0 radical (unpaired) electrons. The molecule has 1 N–H and O–H groups in total. The molecule has 2 aromatic heterocycles. The molecule has 0 aliphatic carbocycles. The van der Waals surface area contributed by atoms with Crippen molar-refractivity contribution in [3.05, 3.63) is 59.6 Å². The van der Waals surface area contributed by atoms with Crippen molar-refractivity contribution in [2.24, 2.45) is 0 Å². The lowest BCUT2D eigenvalue weighted by atomic mass is 10.1. The molecule has 0 aliphatic heterocycles. The molecular weight excluding hydrogens is 272 g/mol. The van der Waals surface area contributed by atoms with Crippen LogP contribution in [0.3, 0.4) is 0 Å². The van der Waals surface area contributed by atoms with Crippen LogP contribution in [0, 0.1) is 0 Å². The summed E-state index contributed by atoms with van der Waals surface area (Å²) in [5.74, 6) is 0.810. The zero-order chi connectivity index (χ0) is 13.8. The van der Waals surface area contributed by atoms with Crippen molar-refractivity contribution in [1.82, 2.24) is 15.0 Å². The maximum atomic E-state index is 6.29. The summed E-state index contributed by atoms with van der Waals surface area (Å²) >= 11 is 6.29. The number of hydrogen-bond donors (Lipinski definition) is 1. The van der Waals surface area contributed by atoms with E-state index in [2.05, 4.69) is 20.3 Å². The molecule has 0 aliphatic rings. The van der Waals surface area contributed by atoms with Crippen LogP contribution in [0.5, 0.6) is 0 Å². The Kier molecular flexibility index (Phi) is 3.74. The molecule has 0 unspecified atom stereocenters. The third kappa shape index (κ3) is 2.70. The lowest BCUT2D eigenvalue weighted by molar-refractivity contribution is 1.00. The summed E-state index contributed by atoms with van der Waals surface area (Å²) in [4.78, 5) is 12.4. The first kappa shape index (κ1) is 12.8. The molecule has 0 atom stereocenters. The molecule has 3 rings (SSSR count). The number of aromatic nitrogens is 3. The van der Waals surface area contributed by atoms with Gasteiger partial charge in [-0.15, -0.1) is 0 Å². The van der Waals surface area contributed by atoms with E-state index in [1.807, 2.05) is 30.3 Å². The number of fused-ring (bicyclic) bond motifs is 1.